The highest BCUT2D eigenvalue weighted by atomic mass is 127. The first-order chi connectivity index (χ1) is 14.0. The molecule has 6 nitrogen and oxygen atoms in total. The van der Waals surface area contributed by atoms with Gasteiger partial charge in [0.2, 0.25) is 5.91 Å². The summed E-state index contributed by atoms with van der Waals surface area (Å²) in [7, 11) is 0. The van der Waals surface area contributed by atoms with Gasteiger partial charge in [-0.05, 0) is 80.6 Å². The molecule has 0 aromatic heterocycles. The molecule has 0 radical (unpaired) electrons. The van der Waals surface area contributed by atoms with E-state index in [4.69, 9.17) is 4.74 Å². The Kier molecular flexibility index (Phi) is 8.98. The Labute approximate surface area is 206 Å². The number of carboxylic acid groups (broad SMARTS) is 1. The largest absolute Gasteiger partial charge is 0.508 e. The molecular formula is C21H22Br2INO5. The molecule has 1 unspecified atom stereocenters. The first-order valence-corrected chi connectivity index (χ1v) is 12.2. The molecule has 0 fully saturated rings. The number of rotatable bonds is 8. The van der Waals surface area contributed by atoms with Crippen molar-refractivity contribution in [2.24, 2.45) is 0 Å². The maximum Gasteiger partial charge on any atom is 0.326 e. The van der Waals surface area contributed by atoms with E-state index >= 15 is 0 Å². The number of alkyl halides is 1. The molecule has 1 atom stereocenters. The number of ether oxygens (including phenoxy) is 1. The highest BCUT2D eigenvalue weighted by molar-refractivity contribution is 14.1. The molecule has 2 aromatic rings. The summed E-state index contributed by atoms with van der Waals surface area (Å²) >= 11 is 8.96. The second-order valence-electron chi connectivity index (χ2n) is 7.04. The van der Waals surface area contributed by atoms with Crippen molar-refractivity contribution >= 4 is 66.3 Å². The Bertz CT molecular complexity index is 928. The van der Waals surface area contributed by atoms with E-state index in [0.29, 0.717) is 26.0 Å². The van der Waals surface area contributed by atoms with E-state index in [1.165, 1.54) is 11.8 Å². The Morgan fingerprint density at radius 3 is 2.23 bits per heavy atom. The number of phenolic OH excluding ortho intramolecular Hbond substituents is 1. The number of carbonyl (C=O) groups excluding carboxylic acids is 1. The molecule has 0 bridgehead atoms. The molecule has 0 saturated carbocycles. The summed E-state index contributed by atoms with van der Waals surface area (Å²) in [6.07, 6.45) is 0.0643. The van der Waals surface area contributed by atoms with Gasteiger partial charge >= 0.3 is 5.97 Å². The molecule has 30 heavy (non-hydrogen) atoms. The minimum absolute atomic E-state index is 0.0643. The summed E-state index contributed by atoms with van der Waals surface area (Å²) in [5.74, 6) is 0.166. The highest BCUT2D eigenvalue weighted by Gasteiger charge is 2.25. The van der Waals surface area contributed by atoms with E-state index in [-0.39, 0.29) is 28.5 Å². The monoisotopic (exact) mass is 653 g/mol. The van der Waals surface area contributed by atoms with Crippen LogP contribution >= 0.6 is 54.5 Å². The zero-order chi connectivity index (χ0) is 22.6. The van der Waals surface area contributed by atoms with Crippen molar-refractivity contribution in [3.63, 3.8) is 0 Å². The van der Waals surface area contributed by atoms with Crippen LogP contribution in [0.15, 0.2) is 39.3 Å². The zero-order valence-electron chi connectivity index (χ0n) is 16.7. The van der Waals surface area contributed by atoms with Crippen molar-refractivity contribution in [2.75, 3.05) is 4.55 Å². The van der Waals surface area contributed by atoms with Gasteiger partial charge in [0, 0.05) is 5.56 Å². The predicted octanol–water partition coefficient (Wildman–Crippen LogP) is 6.07. The lowest BCUT2D eigenvalue weighted by Gasteiger charge is -2.24. The van der Waals surface area contributed by atoms with Gasteiger partial charge in [0.15, 0.2) is 5.75 Å². The molecule has 9 heteroatoms. The average molecular weight is 655 g/mol. The number of carboxylic acids is 1. The number of nitrogens with zero attached hydrogens (tertiary/aromatic N) is 1. The van der Waals surface area contributed by atoms with Gasteiger partial charge in [-0.3, -0.25) is 4.79 Å². The van der Waals surface area contributed by atoms with E-state index < -0.39 is 12.0 Å². The number of carbonyl (C=O) groups is 2. The van der Waals surface area contributed by atoms with Gasteiger partial charge in [-0.25, -0.2) is 4.79 Å². The van der Waals surface area contributed by atoms with Crippen LogP contribution in [-0.2, 0) is 16.0 Å². The lowest BCUT2D eigenvalue weighted by Crippen LogP contribution is -2.43. The van der Waals surface area contributed by atoms with Crippen LogP contribution in [0, 0.1) is 0 Å². The minimum Gasteiger partial charge on any atom is -0.508 e. The van der Waals surface area contributed by atoms with Crippen LogP contribution in [0.3, 0.4) is 0 Å². The summed E-state index contributed by atoms with van der Waals surface area (Å²) < 4.78 is 7.58. The second-order valence-corrected chi connectivity index (χ2v) is 9.43. The molecule has 2 aromatic carbocycles. The lowest BCUT2D eigenvalue weighted by molar-refractivity contribution is -0.148. The molecule has 2 N–H and O–H groups in total. The predicted molar refractivity (Wildman–Crippen MR) is 131 cm³/mol. The maximum atomic E-state index is 12.6. The first kappa shape index (κ1) is 24.9. The van der Waals surface area contributed by atoms with Crippen LogP contribution in [0.4, 0.5) is 0 Å². The Morgan fingerprint density at radius 1 is 1.13 bits per heavy atom. The minimum atomic E-state index is -1.04. The number of hydrogen-bond acceptors (Lipinski definition) is 4. The normalized spacial score (nSPS) is 12.0. The van der Waals surface area contributed by atoms with Crippen LogP contribution in [0.1, 0.15) is 37.8 Å². The number of phenols is 1. The van der Waals surface area contributed by atoms with Gasteiger partial charge in [-0.2, -0.15) is 0 Å². The number of aromatic hydroxyl groups is 1. The molecule has 0 spiro atoms. The van der Waals surface area contributed by atoms with Crippen LogP contribution in [-0.4, -0.2) is 37.6 Å². The van der Waals surface area contributed by atoms with Crippen LogP contribution in [0.2, 0.25) is 0 Å². The fraction of sp³-hybridized carbons (Fsp3) is 0.333. The summed E-state index contributed by atoms with van der Waals surface area (Å²) in [4.78, 5) is 25.1. The topological polar surface area (TPSA) is 87.1 Å². The molecule has 0 heterocycles. The van der Waals surface area contributed by atoms with Crippen molar-refractivity contribution in [2.45, 2.75) is 39.2 Å². The summed E-state index contributed by atoms with van der Waals surface area (Å²) in [5, 5.41) is 19.2. The third-order valence-corrected chi connectivity index (χ3v) is 6.44. The average Bonchev–Trinajstić information content (AvgIpc) is 2.66. The summed E-state index contributed by atoms with van der Waals surface area (Å²) in [6.45, 7) is 5.46. The quantitative estimate of drug-likeness (QED) is 0.205. The Hall–Kier alpha value is -1.33. The number of amides is 1. The van der Waals surface area contributed by atoms with Crippen LogP contribution in [0.25, 0.3) is 0 Å². The molecule has 0 aliphatic carbocycles. The smallest absolute Gasteiger partial charge is 0.326 e. The molecule has 1 amide bonds. The van der Waals surface area contributed by atoms with Crippen molar-refractivity contribution in [1.82, 2.24) is 4.90 Å². The van der Waals surface area contributed by atoms with Gasteiger partial charge in [-0.1, -0.05) is 36.4 Å². The molecule has 2 rings (SSSR count). The van der Waals surface area contributed by atoms with Gasteiger partial charge in [0.1, 0.15) is 17.5 Å². The number of hydrogen-bond donors (Lipinski definition) is 2. The van der Waals surface area contributed by atoms with Crippen LogP contribution in [0.5, 0.6) is 17.2 Å². The molecule has 0 aliphatic heterocycles. The van der Waals surface area contributed by atoms with E-state index in [2.05, 4.69) is 31.9 Å². The van der Waals surface area contributed by atoms with Gasteiger partial charge in [-0.15, -0.1) is 0 Å². The third kappa shape index (κ3) is 6.10. The maximum absolute atomic E-state index is 12.6. The van der Waals surface area contributed by atoms with E-state index in [9.17, 15) is 19.8 Å². The molecule has 0 aliphatic rings. The van der Waals surface area contributed by atoms with E-state index in [1.807, 2.05) is 36.4 Å². The fourth-order valence-electron chi connectivity index (χ4n) is 2.78. The van der Waals surface area contributed by atoms with E-state index in [0.717, 1.165) is 5.56 Å². The van der Waals surface area contributed by atoms with Crippen molar-refractivity contribution in [3.8, 4) is 17.2 Å². The number of halogens is 3. The second kappa shape index (κ2) is 10.8. The highest BCUT2D eigenvalue weighted by Crippen LogP contribution is 2.39. The molecular weight excluding hydrogens is 633 g/mol. The third-order valence-electron chi connectivity index (χ3n) is 4.53. The standard InChI is InChI=1S/C21H22Br2INO5/c1-11(2)15-9-14(4-5-18(15)26)30-20-16(22)6-13(7-17(20)23)8-19(27)25(10-24)12(3)21(28)29/h4-7,9,11-12,26H,8,10H2,1-3H3,(H,28,29). The van der Waals surface area contributed by atoms with Gasteiger partial charge < -0.3 is 19.8 Å². The van der Waals surface area contributed by atoms with Crippen molar-refractivity contribution in [1.29, 1.82) is 0 Å². The first-order valence-electron chi connectivity index (χ1n) is 9.12. The lowest BCUT2D eigenvalue weighted by atomic mass is 10.0. The Balaban J connectivity index is 2.24. The number of benzene rings is 2. The van der Waals surface area contributed by atoms with E-state index in [1.54, 1.807) is 30.3 Å². The SMILES string of the molecule is CC(C)c1cc(Oc2c(Br)cc(CC(=O)N(CI)C(C)C(=O)O)cc2Br)ccc1O. The van der Waals surface area contributed by atoms with Crippen LogP contribution < -0.4 is 4.74 Å². The number of aliphatic carboxylic acids is 1. The summed E-state index contributed by atoms with van der Waals surface area (Å²) in [6, 6.07) is 7.73. The molecule has 162 valence electrons. The summed E-state index contributed by atoms with van der Waals surface area (Å²) in [5.41, 5.74) is 1.50. The zero-order valence-corrected chi connectivity index (χ0v) is 22.0. The Morgan fingerprint density at radius 2 is 1.73 bits per heavy atom. The fourth-order valence-corrected chi connectivity index (χ4v) is 5.20. The van der Waals surface area contributed by atoms with Gasteiger partial charge in [0.05, 0.1) is 19.9 Å². The van der Waals surface area contributed by atoms with Gasteiger partial charge in [0.25, 0.3) is 0 Å². The van der Waals surface area contributed by atoms with Crippen molar-refractivity contribution in [3.05, 3.63) is 50.4 Å². The van der Waals surface area contributed by atoms with Crippen molar-refractivity contribution < 1.29 is 24.5 Å². The molecule has 0 saturated heterocycles.